The van der Waals surface area contributed by atoms with Crippen LogP contribution in [-0.2, 0) is 11.8 Å². The van der Waals surface area contributed by atoms with Gasteiger partial charge in [-0.3, -0.25) is 0 Å². The van der Waals surface area contributed by atoms with Gasteiger partial charge >= 0.3 is 6.01 Å². The van der Waals surface area contributed by atoms with E-state index in [4.69, 9.17) is 9.26 Å². The molecule has 1 aromatic carbocycles. The Morgan fingerprint density at radius 1 is 1.03 bits per heavy atom. The standard InChI is InChI=1S/C23H31N5O2/c1-5-29-22-25-15-18(16-26-22)17-10-9-11-19(14-17)24-13-8-6-7-12-20-27-21(30-28-20)23(2,3)4/h9-11,14-16,24H,5-8,12-13H2,1-4H3. The van der Waals surface area contributed by atoms with Gasteiger partial charge in [0.1, 0.15) is 0 Å². The van der Waals surface area contributed by atoms with Crippen molar-refractivity contribution >= 4 is 5.69 Å². The van der Waals surface area contributed by atoms with E-state index in [0.29, 0.717) is 18.5 Å². The van der Waals surface area contributed by atoms with E-state index in [1.165, 1.54) is 0 Å². The van der Waals surface area contributed by atoms with Crippen molar-refractivity contribution in [2.75, 3.05) is 18.5 Å². The number of benzene rings is 1. The predicted molar refractivity (Wildman–Crippen MR) is 118 cm³/mol. The molecule has 2 heterocycles. The number of aryl methyl sites for hydroxylation is 1. The summed E-state index contributed by atoms with van der Waals surface area (Å²) in [5.74, 6) is 1.51. The summed E-state index contributed by atoms with van der Waals surface area (Å²) in [6, 6.07) is 8.70. The van der Waals surface area contributed by atoms with E-state index in [9.17, 15) is 0 Å². The minimum Gasteiger partial charge on any atom is -0.464 e. The van der Waals surface area contributed by atoms with Crippen LogP contribution in [-0.4, -0.2) is 33.3 Å². The average Bonchev–Trinajstić information content (AvgIpc) is 3.21. The number of rotatable bonds is 10. The summed E-state index contributed by atoms with van der Waals surface area (Å²) in [5, 5.41) is 7.58. The van der Waals surface area contributed by atoms with E-state index in [2.05, 4.69) is 64.4 Å². The molecule has 0 bridgehead atoms. The van der Waals surface area contributed by atoms with E-state index >= 15 is 0 Å². The normalized spacial score (nSPS) is 11.5. The fraction of sp³-hybridized carbons (Fsp3) is 0.478. The highest BCUT2D eigenvalue weighted by atomic mass is 16.5. The molecule has 0 radical (unpaired) electrons. The average molecular weight is 410 g/mol. The van der Waals surface area contributed by atoms with E-state index < -0.39 is 0 Å². The summed E-state index contributed by atoms with van der Waals surface area (Å²) in [7, 11) is 0. The second kappa shape index (κ2) is 10.2. The molecule has 0 aliphatic carbocycles. The van der Waals surface area contributed by atoms with Gasteiger partial charge in [-0.25, -0.2) is 9.97 Å². The van der Waals surface area contributed by atoms with Crippen molar-refractivity contribution in [3.63, 3.8) is 0 Å². The molecular weight excluding hydrogens is 378 g/mol. The first kappa shape index (κ1) is 21.7. The minimum atomic E-state index is -0.0961. The Balaban J connectivity index is 1.41. The summed E-state index contributed by atoms with van der Waals surface area (Å²) in [6.45, 7) is 9.63. The van der Waals surface area contributed by atoms with Crippen LogP contribution in [0, 0.1) is 0 Å². The fourth-order valence-electron chi connectivity index (χ4n) is 2.96. The van der Waals surface area contributed by atoms with E-state index in [-0.39, 0.29) is 5.41 Å². The van der Waals surface area contributed by atoms with Crippen molar-refractivity contribution in [2.24, 2.45) is 0 Å². The number of aromatic nitrogens is 4. The highest BCUT2D eigenvalue weighted by molar-refractivity contribution is 5.66. The molecule has 0 saturated carbocycles. The molecule has 160 valence electrons. The summed E-state index contributed by atoms with van der Waals surface area (Å²) < 4.78 is 10.6. The number of hydrogen-bond donors (Lipinski definition) is 1. The molecule has 3 aromatic rings. The lowest BCUT2D eigenvalue weighted by molar-refractivity contribution is 0.312. The molecule has 30 heavy (non-hydrogen) atoms. The number of nitrogens with zero attached hydrogens (tertiary/aromatic N) is 4. The third kappa shape index (κ3) is 6.27. The zero-order chi connectivity index (χ0) is 21.4. The summed E-state index contributed by atoms with van der Waals surface area (Å²) in [4.78, 5) is 13.0. The molecule has 0 aliphatic heterocycles. The molecular formula is C23H31N5O2. The van der Waals surface area contributed by atoms with Crippen LogP contribution in [0.25, 0.3) is 11.1 Å². The highest BCUT2D eigenvalue weighted by Gasteiger charge is 2.21. The molecule has 0 amide bonds. The van der Waals surface area contributed by atoms with E-state index in [0.717, 1.165) is 54.9 Å². The number of unbranched alkanes of at least 4 members (excludes halogenated alkanes) is 2. The maximum absolute atomic E-state index is 5.34. The number of nitrogens with one attached hydrogen (secondary N) is 1. The van der Waals surface area contributed by atoms with Crippen LogP contribution in [0.5, 0.6) is 6.01 Å². The largest absolute Gasteiger partial charge is 0.464 e. The molecule has 0 atom stereocenters. The summed E-state index contributed by atoms with van der Waals surface area (Å²) >= 11 is 0. The number of ether oxygens (including phenoxy) is 1. The van der Waals surface area contributed by atoms with Crippen LogP contribution in [0.1, 0.15) is 58.7 Å². The molecule has 0 aliphatic rings. The Morgan fingerprint density at radius 3 is 2.53 bits per heavy atom. The molecule has 1 N–H and O–H groups in total. The van der Waals surface area contributed by atoms with Crippen LogP contribution in [0.15, 0.2) is 41.2 Å². The van der Waals surface area contributed by atoms with Crippen molar-refractivity contribution in [2.45, 2.75) is 58.8 Å². The van der Waals surface area contributed by atoms with Gasteiger partial charge in [0, 0.05) is 42.0 Å². The SMILES string of the molecule is CCOc1ncc(-c2cccc(NCCCCCc3noc(C(C)(C)C)n3)c2)cn1. The summed E-state index contributed by atoms with van der Waals surface area (Å²) in [6.07, 6.45) is 7.68. The third-order valence-electron chi connectivity index (χ3n) is 4.61. The van der Waals surface area contributed by atoms with E-state index in [1.54, 1.807) is 12.4 Å². The highest BCUT2D eigenvalue weighted by Crippen LogP contribution is 2.23. The van der Waals surface area contributed by atoms with Gasteiger partial charge in [-0.05, 0) is 37.5 Å². The quantitative estimate of drug-likeness (QED) is 0.469. The zero-order valence-corrected chi connectivity index (χ0v) is 18.3. The Kier molecular flexibility index (Phi) is 7.38. The second-order valence-electron chi connectivity index (χ2n) is 8.27. The van der Waals surface area contributed by atoms with E-state index in [1.807, 2.05) is 13.0 Å². The molecule has 0 unspecified atom stereocenters. The Morgan fingerprint density at radius 2 is 1.83 bits per heavy atom. The fourth-order valence-corrected chi connectivity index (χ4v) is 2.96. The topological polar surface area (TPSA) is 86.0 Å². The number of anilines is 1. The first-order chi connectivity index (χ1) is 14.5. The minimum absolute atomic E-state index is 0.0961. The van der Waals surface area contributed by atoms with Gasteiger partial charge in [0.15, 0.2) is 5.82 Å². The maximum Gasteiger partial charge on any atom is 0.316 e. The molecule has 0 saturated heterocycles. The van der Waals surface area contributed by atoms with Crippen LogP contribution in [0.2, 0.25) is 0 Å². The van der Waals surface area contributed by atoms with Gasteiger partial charge in [0.2, 0.25) is 5.89 Å². The van der Waals surface area contributed by atoms with Gasteiger partial charge in [0.05, 0.1) is 6.61 Å². The van der Waals surface area contributed by atoms with Crippen molar-refractivity contribution in [1.29, 1.82) is 0 Å². The Hall–Kier alpha value is -2.96. The molecule has 7 nitrogen and oxygen atoms in total. The van der Waals surface area contributed by atoms with Gasteiger partial charge in [0.25, 0.3) is 0 Å². The lowest BCUT2D eigenvalue weighted by atomic mass is 9.97. The molecule has 3 rings (SSSR count). The molecule has 2 aromatic heterocycles. The van der Waals surface area contributed by atoms with Gasteiger partial charge < -0.3 is 14.6 Å². The first-order valence-corrected chi connectivity index (χ1v) is 10.6. The molecule has 7 heteroatoms. The lowest BCUT2D eigenvalue weighted by Gasteiger charge is -2.10. The predicted octanol–water partition coefficient (Wildman–Crippen LogP) is 5.05. The van der Waals surface area contributed by atoms with Crippen LogP contribution in [0.3, 0.4) is 0 Å². The lowest BCUT2D eigenvalue weighted by Crippen LogP contribution is -2.11. The second-order valence-corrected chi connectivity index (χ2v) is 8.27. The van der Waals surface area contributed by atoms with Gasteiger partial charge in [-0.15, -0.1) is 0 Å². The van der Waals surface area contributed by atoms with Gasteiger partial charge in [-0.1, -0.05) is 44.5 Å². The first-order valence-electron chi connectivity index (χ1n) is 10.6. The smallest absolute Gasteiger partial charge is 0.316 e. The third-order valence-corrected chi connectivity index (χ3v) is 4.61. The van der Waals surface area contributed by atoms with Crippen molar-refractivity contribution in [1.82, 2.24) is 20.1 Å². The Labute approximate surface area is 178 Å². The van der Waals surface area contributed by atoms with Crippen LogP contribution >= 0.6 is 0 Å². The van der Waals surface area contributed by atoms with Crippen LogP contribution < -0.4 is 10.1 Å². The number of hydrogen-bond acceptors (Lipinski definition) is 7. The summed E-state index contributed by atoms with van der Waals surface area (Å²) in [5.41, 5.74) is 3.04. The molecule has 0 fully saturated rings. The maximum atomic E-state index is 5.34. The monoisotopic (exact) mass is 409 g/mol. The van der Waals surface area contributed by atoms with Gasteiger partial charge in [-0.2, -0.15) is 4.98 Å². The van der Waals surface area contributed by atoms with Crippen molar-refractivity contribution in [3.05, 3.63) is 48.4 Å². The van der Waals surface area contributed by atoms with Crippen molar-refractivity contribution in [3.8, 4) is 17.1 Å². The zero-order valence-electron chi connectivity index (χ0n) is 18.3. The van der Waals surface area contributed by atoms with Crippen LogP contribution in [0.4, 0.5) is 5.69 Å². The Bertz CT molecular complexity index is 916. The molecule has 0 spiro atoms. The van der Waals surface area contributed by atoms with Crippen molar-refractivity contribution < 1.29 is 9.26 Å².